The molecule has 4 nitrogen and oxygen atoms in total. The van der Waals surface area contributed by atoms with E-state index < -0.39 is 0 Å². The maximum atomic E-state index is 5.39. The molecule has 0 aliphatic heterocycles. The molecule has 0 aliphatic rings. The molecule has 10 aromatic rings. The van der Waals surface area contributed by atoms with E-state index in [1.54, 1.807) is 11.3 Å². The van der Waals surface area contributed by atoms with E-state index in [4.69, 9.17) is 9.97 Å². The molecule has 5 heterocycles. The molecule has 0 unspecified atom stereocenters. The predicted molar refractivity (Wildman–Crippen MR) is 183 cm³/mol. The Balaban J connectivity index is 1.48. The Bertz CT molecular complexity index is 2730. The summed E-state index contributed by atoms with van der Waals surface area (Å²) in [6.07, 6.45) is 3.71. The van der Waals surface area contributed by atoms with E-state index in [0.29, 0.717) is 5.95 Å². The van der Waals surface area contributed by atoms with Gasteiger partial charge in [0.05, 0.1) is 26.9 Å². The Morgan fingerprint density at radius 2 is 1.21 bits per heavy atom. The molecule has 0 saturated carbocycles. The molecule has 0 aliphatic carbocycles. The Labute approximate surface area is 253 Å². The van der Waals surface area contributed by atoms with E-state index >= 15 is 0 Å². The number of para-hydroxylation sites is 1. The Kier molecular flexibility index (Phi) is 4.72. The van der Waals surface area contributed by atoms with Gasteiger partial charge < -0.3 is 0 Å². The standard InChI is InChI=1S/C37H20N4S2/c1-2-12-23-22(11-1)30-24-13-3-6-16-27(24)41(34(30)31-25-14-4-7-17-28(25)42-35(23)31)37-39-32(21-10-9-19-38-20-21)36-33(40-37)26-15-5-8-18-29(26)43-36/h1-20H. The third-order valence-electron chi connectivity index (χ3n) is 8.49. The van der Waals surface area contributed by atoms with E-state index in [9.17, 15) is 0 Å². The van der Waals surface area contributed by atoms with Crippen LogP contribution >= 0.6 is 22.7 Å². The second-order valence-electron chi connectivity index (χ2n) is 10.8. The van der Waals surface area contributed by atoms with Crippen molar-refractivity contribution in [3.8, 4) is 17.2 Å². The second-order valence-corrected chi connectivity index (χ2v) is 12.9. The molecule has 0 N–H and O–H groups in total. The fraction of sp³-hybridized carbons (Fsp3) is 0. The molecule has 43 heavy (non-hydrogen) atoms. The molecule has 0 spiro atoms. The van der Waals surface area contributed by atoms with Crippen LogP contribution in [0.25, 0.3) is 90.3 Å². The SMILES string of the molecule is c1cncc(-c2nc(-n3c4ccccc4c4c5ccccc5c5sc6ccccc6c5c43)nc3c2sc2ccccc23)c1. The number of rotatable bonds is 2. The minimum Gasteiger partial charge on any atom is -0.277 e. The molecule has 0 bridgehead atoms. The zero-order valence-electron chi connectivity index (χ0n) is 22.7. The number of pyridine rings is 1. The Hall–Kier alpha value is -5.17. The lowest BCUT2D eigenvalue weighted by Crippen LogP contribution is -2.03. The van der Waals surface area contributed by atoms with Gasteiger partial charge in [0.25, 0.3) is 0 Å². The molecule has 6 heteroatoms. The van der Waals surface area contributed by atoms with E-state index in [1.165, 1.54) is 46.4 Å². The van der Waals surface area contributed by atoms with Crippen LogP contribution in [-0.2, 0) is 0 Å². The number of hydrogen-bond donors (Lipinski definition) is 0. The van der Waals surface area contributed by atoms with Crippen molar-refractivity contribution in [1.82, 2.24) is 19.5 Å². The van der Waals surface area contributed by atoms with Crippen molar-refractivity contribution in [2.75, 3.05) is 0 Å². The van der Waals surface area contributed by atoms with Crippen molar-refractivity contribution in [1.29, 1.82) is 0 Å². The molecule has 0 saturated heterocycles. The third-order valence-corrected chi connectivity index (χ3v) is 10.9. The van der Waals surface area contributed by atoms with Crippen LogP contribution in [-0.4, -0.2) is 19.5 Å². The lowest BCUT2D eigenvalue weighted by molar-refractivity contribution is 1.02. The third kappa shape index (κ3) is 3.16. The van der Waals surface area contributed by atoms with Gasteiger partial charge in [-0.1, -0.05) is 78.9 Å². The van der Waals surface area contributed by atoms with Crippen LogP contribution in [0.15, 0.2) is 122 Å². The maximum Gasteiger partial charge on any atom is 0.235 e. The summed E-state index contributed by atoms with van der Waals surface area (Å²) in [6, 6.07) is 38.8. The fourth-order valence-corrected chi connectivity index (χ4v) is 9.10. The molecule has 5 aromatic heterocycles. The monoisotopic (exact) mass is 584 g/mol. The predicted octanol–water partition coefficient (Wildman–Crippen LogP) is 10.5. The van der Waals surface area contributed by atoms with Gasteiger partial charge in [-0.25, -0.2) is 9.97 Å². The first-order valence-electron chi connectivity index (χ1n) is 14.2. The van der Waals surface area contributed by atoms with Gasteiger partial charge in [-0.05, 0) is 35.7 Å². The summed E-state index contributed by atoms with van der Waals surface area (Å²) in [5.74, 6) is 0.674. The summed E-state index contributed by atoms with van der Waals surface area (Å²) >= 11 is 3.61. The molecule has 200 valence electrons. The highest BCUT2D eigenvalue weighted by Gasteiger charge is 2.24. The minimum atomic E-state index is 0.674. The van der Waals surface area contributed by atoms with Crippen molar-refractivity contribution in [3.63, 3.8) is 0 Å². The van der Waals surface area contributed by atoms with Crippen LogP contribution in [0.2, 0.25) is 0 Å². The number of nitrogens with zero attached hydrogens (tertiary/aromatic N) is 4. The summed E-state index contributed by atoms with van der Waals surface area (Å²) in [7, 11) is 0. The number of hydrogen-bond acceptors (Lipinski definition) is 5. The van der Waals surface area contributed by atoms with Gasteiger partial charge in [0.15, 0.2) is 0 Å². The first kappa shape index (κ1) is 23.4. The summed E-state index contributed by atoms with van der Waals surface area (Å²) in [5.41, 5.74) is 5.12. The number of fused-ring (bicyclic) bond motifs is 13. The summed E-state index contributed by atoms with van der Waals surface area (Å²) in [5, 5.41) is 8.64. The molecule has 10 rings (SSSR count). The van der Waals surface area contributed by atoms with Crippen molar-refractivity contribution in [3.05, 3.63) is 122 Å². The van der Waals surface area contributed by atoms with Crippen LogP contribution in [0.1, 0.15) is 0 Å². The van der Waals surface area contributed by atoms with E-state index in [2.05, 4.69) is 113 Å². The van der Waals surface area contributed by atoms with Gasteiger partial charge in [0.1, 0.15) is 0 Å². The van der Waals surface area contributed by atoms with Crippen molar-refractivity contribution in [2.45, 2.75) is 0 Å². The summed E-state index contributed by atoms with van der Waals surface area (Å²) < 4.78 is 7.17. The first-order valence-corrected chi connectivity index (χ1v) is 15.8. The summed E-state index contributed by atoms with van der Waals surface area (Å²) in [4.78, 5) is 15.2. The lowest BCUT2D eigenvalue weighted by atomic mass is 10.00. The smallest absolute Gasteiger partial charge is 0.235 e. The van der Waals surface area contributed by atoms with Crippen molar-refractivity contribution in [2.24, 2.45) is 0 Å². The van der Waals surface area contributed by atoms with Crippen molar-refractivity contribution < 1.29 is 0 Å². The highest BCUT2D eigenvalue weighted by atomic mass is 32.1. The average molecular weight is 585 g/mol. The number of aromatic nitrogens is 4. The van der Waals surface area contributed by atoms with E-state index in [1.807, 2.05) is 29.8 Å². The summed E-state index contributed by atoms with van der Waals surface area (Å²) in [6.45, 7) is 0. The highest BCUT2D eigenvalue weighted by molar-refractivity contribution is 7.27. The van der Waals surface area contributed by atoms with E-state index in [0.717, 1.165) is 37.9 Å². The topological polar surface area (TPSA) is 43.6 Å². The largest absolute Gasteiger partial charge is 0.277 e. The molecule has 0 fully saturated rings. The number of benzene rings is 5. The van der Waals surface area contributed by atoms with Crippen LogP contribution < -0.4 is 0 Å². The average Bonchev–Trinajstić information content (AvgIpc) is 3.75. The zero-order valence-corrected chi connectivity index (χ0v) is 24.3. The van der Waals surface area contributed by atoms with Crippen LogP contribution in [0.4, 0.5) is 0 Å². The van der Waals surface area contributed by atoms with Gasteiger partial charge >= 0.3 is 0 Å². The van der Waals surface area contributed by atoms with Crippen molar-refractivity contribution >= 4 is 95.7 Å². The van der Waals surface area contributed by atoms with E-state index in [-0.39, 0.29) is 0 Å². The minimum absolute atomic E-state index is 0.674. The van der Waals surface area contributed by atoms with Gasteiger partial charge in [-0.15, -0.1) is 22.7 Å². The molecule has 5 aromatic carbocycles. The van der Waals surface area contributed by atoms with Gasteiger partial charge in [0.2, 0.25) is 5.95 Å². The first-order chi connectivity index (χ1) is 21.3. The quantitative estimate of drug-likeness (QED) is 0.203. The van der Waals surface area contributed by atoms with Crippen LogP contribution in [0, 0.1) is 0 Å². The second kappa shape index (κ2) is 8.67. The van der Waals surface area contributed by atoms with Crippen LogP contribution in [0.5, 0.6) is 0 Å². The Morgan fingerprint density at radius 1 is 0.535 bits per heavy atom. The molecular weight excluding hydrogens is 565 g/mol. The molecule has 0 radical (unpaired) electrons. The molecule has 0 atom stereocenters. The molecular formula is C37H20N4S2. The zero-order chi connectivity index (χ0) is 28.1. The fourth-order valence-electron chi connectivity index (χ4n) is 6.70. The van der Waals surface area contributed by atoms with Crippen LogP contribution in [0.3, 0.4) is 0 Å². The normalized spacial score (nSPS) is 12.2. The van der Waals surface area contributed by atoms with Gasteiger partial charge in [-0.3, -0.25) is 9.55 Å². The Morgan fingerprint density at radius 3 is 2.02 bits per heavy atom. The maximum absolute atomic E-state index is 5.39. The van der Waals surface area contributed by atoms with Gasteiger partial charge in [-0.2, -0.15) is 0 Å². The van der Waals surface area contributed by atoms with Gasteiger partial charge in [0, 0.05) is 64.4 Å². The highest BCUT2D eigenvalue weighted by Crippen LogP contribution is 2.48. The lowest BCUT2D eigenvalue weighted by Gasteiger charge is -2.11. The number of thiophene rings is 2. The molecule has 0 amide bonds.